The van der Waals surface area contributed by atoms with Crippen LogP contribution in [0, 0.1) is 12.8 Å². The molecule has 1 aliphatic carbocycles. The molecule has 6 nitrogen and oxygen atoms in total. The Morgan fingerprint density at radius 3 is 2.41 bits per heavy atom. The summed E-state index contributed by atoms with van der Waals surface area (Å²) in [5, 5.41) is 10.0. The Kier molecular flexibility index (Phi) is 5.07. The number of nitrogens with zero attached hydrogens (tertiary/aromatic N) is 4. The third kappa shape index (κ3) is 3.16. The van der Waals surface area contributed by atoms with Crippen LogP contribution in [0.5, 0.6) is 0 Å². The van der Waals surface area contributed by atoms with E-state index in [4.69, 9.17) is 0 Å². The molecule has 0 N–H and O–H groups in total. The maximum Gasteiger partial charge on any atom is 0.268 e. The van der Waals surface area contributed by atoms with Crippen molar-refractivity contribution in [2.24, 2.45) is 13.0 Å². The Balaban J connectivity index is 1.71. The Morgan fingerprint density at radius 2 is 1.81 bits per heavy atom. The molecule has 0 aliphatic heterocycles. The van der Waals surface area contributed by atoms with Gasteiger partial charge < -0.3 is 4.57 Å². The van der Waals surface area contributed by atoms with Crippen LogP contribution in [-0.2, 0) is 22.5 Å². The molecule has 4 aromatic rings. The molecule has 0 bridgehead atoms. The van der Waals surface area contributed by atoms with E-state index >= 15 is 0 Å². The molecule has 1 fully saturated rings. The molecule has 9 heteroatoms. The summed E-state index contributed by atoms with van der Waals surface area (Å²) in [5.41, 5.74) is 2.35. The summed E-state index contributed by atoms with van der Waals surface area (Å²) >= 11 is 8.10. The number of halogens is 1. The number of thiol groups is 1. The van der Waals surface area contributed by atoms with E-state index < -0.39 is 10.0 Å². The Morgan fingerprint density at radius 1 is 1.12 bits per heavy atom. The predicted molar refractivity (Wildman–Crippen MR) is 131 cm³/mol. The van der Waals surface area contributed by atoms with Gasteiger partial charge in [-0.15, -0.1) is 22.8 Å². The van der Waals surface area contributed by atoms with Crippen molar-refractivity contribution in [2.75, 3.05) is 0 Å². The SMILES string of the molecule is Cc1ccc(S(=O)(=O)n2ccc3c(Br)cc(C4(c5nnc(S)n5C)CC(C)C4)cc32)cc1. The zero-order valence-electron chi connectivity index (χ0n) is 17.9. The second-order valence-corrected chi connectivity index (χ2v) is 11.9. The average molecular weight is 532 g/mol. The highest BCUT2D eigenvalue weighted by atomic mass is 79.9. The van der Waals surface area contributed by atoms with Gasteiger partial charge in [-0.05, 0) is 61.6 Å². The predicted octanol–water partition coefficient (Wildman–Crippen LogP) is 5.08. The van der Waals surface area contributed by atoms with Crippen LogP contribution in [0.4, 0.5) is 0 Å². The summed E-state index contributed by atoms with van der Waals surface area (Å²) in [7, 11) is -1.82. The van der Waals surface area contributed by atoms with Crippen molar-refractivity contribution in [3.05, 3.63) is 70.1 Å². The van der Waals surface area contributed by atoms with Crippen LogP contribution in [0.25, 0.3) is 10.9 Å². The summed E-state index contributed by atoms with van der Waals surface area (Å²) in [6, 6.07) is 12.8. The molecular formula is C23H23BrN4O2S2. The topological polar surface area (TPSA) is 69.8 Å². The summed E-state index contributed by atoms with van der Waals surface area (Å²) < 4.78 is 31.1. The minimum atomic E-state index is -3.74. The smallest absolute Gasteiger partial charge is 0.268 e. The van der Waals surface area contributed by atoms with Crippen molar-refractivity contribution in [3.63, 3.8) is 0 Å². The zero-order valence-corrected chi connectivity index (χ0v) is 21.2. The maximum atomic E-state index is 13.5. The Bertz CT molecular complexity index is 1450. The van der Waals surface area contributed by atoms with Gasteiger partial charge in [-0.2, -0.15) is 0 Å². The van der Waals surface area contributed by atoms with Crippen LogP contribution in [0.2, 0.25) is 0 Å². The molecule has 2 aromatic heterocycles. The molecule has 0 spiro atoms. The lowest BCUT2D eigenvalue weighted by atomic mass is 9.58. The minimum Gasteiger partial charge on any atom is -0.309 e. The lowest BCUT2D eigenvalue weighted by Gasteiger charge is -2.46. The summed E-state index contributed by atoms with van der Waals surface area (Å²) in [4.78, 5) is 0.266. The molecule has 0 atom stereocenters. The number of rotatable bonds is 4. The molecule has 2 heterocycles. The average Bonchev–Trinajstić information content (AvgIpc) is 3.31. The third-order valence-electron chi connectivity index (χ3n) is 6.53. The van der Waals surface area contributed by atoms with Crippen LogP contribution < -0.4 is 0 Å². The van der Waals surface area contributed by atoms with E-state index in [0.717, 1.165) is 39.7 Å². The highest BCUT2D eigenvalue weighted by Crippen LogP contribution is 2.52. The van der Waals surface area contributed by atoms with Gasteiger partial charge in [0, 0.05) is 23.1 Å². The Labute approximate surface area is 201 Å². The fraction of sp³-hybridized carbons (Fsp3) is 0.304. The van der Waals surface area contributed by atoms with Gasteiger partial charge in [-0.25, -0.2) is 12.4 Å². The fourth-order valence-corrected chi connectivity index (χ4v) is 6.96. The summed E-state index contributed by atoms with van der Waals surface area (Å²) in [6.45, 7) is 4.15. The molecule has 1 aliphatic rings. The van der Waals surface area contributed by atoms with Crippen molar-refractivity contribution >= 4 is 49.5 Å². The van der Waals surface area contributed by atoms with Crippen molar-refractivity contribution < 1.29 is 8.42 Å². The zero-order chi connectivity index (χ0) is 22.8. The van der Waals surface area contributed by atoms with E-state index in [9.17, 15) is 8.42 Å². The van der Waals surface area contributed by atoms with Crippen LogP contribution in [0.3, 0.4) is 0 Å². The molecule has 0 unspecified atom stereocenters. The molecule has 0 radical (unpaired) electrons. The number of fused-ring (bicyclic) bond motifs is 1. The molecule has 166 valence electrons. The van der Waals surface area contributed by atoms with Gasteiger partial charge in [0.25, 0.3) is 10.0 Å². The van der Waals surface area contributed by atoms with Gasteiger partial charge in [0.05, 0.1) is 15.8 Å². The monoisotopic (exact) mass is 530 g/mol. The first-order chi connectivity index (χ1) is 15.1. The van der Waals surface area contributed by atoms with Crippen molar-refractivity contribution in [1.29, 1.82) is 0 Å². The molecule has 0 amide bonds. The van der Waals surface area contributed by atoms with Crippen LogP contribution in [-0.4, -0.2) is 27.2 Å². The number of aryl methyl sites for hydroxylation is 1. The number of hydrogen-bond acceptors (Lipinski definition) is 5. The van der Waals surface area contributed by atoms with Crippen LogP contribution in [0.1, 0.15) is 36.7 Å². The lowest BCUT2D eigenvalue weighted by Crippen LogP contribution is -2.43. The largest absolute Gasteiger partial charge is 0.309 e. The van der Waals surface area contributed by atoms with Gasteiger partial charge in [-0.1, -0.05) is 40.5 Å². The fourth-order valence-electron chi connectivity index (χ4n) is 4.90. The molecular weight excluding hydrogens is 508 g/mol. The van der Waals surface area contributed by atoms with E-state index in [2.05, 4.69) is 51.7 Å². The normalized spacial score (nSPS) is 21.1. The van der Waals surface area contributed by atoms with Gasteiger partial charge in [0.15, 0.2) is 5.16 Å². The van der Waals surface area contributed by atoms with Crippen molar-refractivity contribution in [3.8, 4) is 0 Å². The molecule has 2 aromatic carbocycles. The van der Waals surface area contributed by atoms with Crippen molar-refractivity contribution in [1.82, 2.24) is 18.7 Å². The maximum absolute atomic E-state index is 13.5. The number of aromatic nitrogens is 4. The van der Waals surface area contributed by atoms with Gasteiger partial charge in [-0.3, -0.25) is 0 Å². The second kappa shape index (κ2) is 7.46. The first kappa shape index (κ1) is 21.7. The van der Waals surface area contributed by atoms with Gasteiger partial charge in [0.1, 0.15) is 5.82 Å². The minimum absolute atomic E-state index is 0.266. The first-order valence-corrected chi connectivity index (χ1v) is 13.0. The quantitative estimate of drug-likeness (QED) is 0.373. The Hall–Kier alpha value is -2.10. The van der Waals surface area contributed by atoms with E-state index in [-0.39, 0.29) is 10.3 Å². The van der Waals surface area contributed by atoms with Crippen LogP contribution in [0.15, 0.2) is 63.2 Å². The molecule has 0 saturated heterocycles. The summed E-state index contributed by atoms with van der Waals surface area (Å²) in [5.74, 6) is 1.39. The van der Waals surface area contributed by atoms with E-state index in [1.54, 1.807) is 18.3 Å². The molecule has 5 rings (SSSR count). The van der Waals surface area contributed by atoms with E-state index in [1.165, 1.54) is 3.97 Å². The second-order valence-electron chi connectivity index (χ2n) is 8.80. The first-order valence-electron chi connectivity index (χ1n) is 10.4. The lowest BCUT2D eigenvalue weighted by molar-refractivity contribution is 0.184. The van der Waals surface area contributed by atoms with Crippen molar-refractivity contribution in [2.45, 2.75) is 42.2 Å². The molecule has 1 saturated carbocycles. The highest BCUT2D eigenvalue weighted by Gasteiger charge is 2.48. The van der Waals surface area contributed by atoms with Crippen LogP contribution >= 0.6 is 28.6 Å². The van der Waals surface area contributed by atoms with E-state index in [1.807, 2.05) is 42.8 Å². The highest BCUT2D eigenvalue weighted by molar-refractivity contribution is 9.10. The van der Waals surface area contributed by atoms with Gasteiger partial charge in [0.2, 0.25) is 0 Å². The standard InChI is InChI=1S/C23H23BrN4O2S2/c1-14-4-6-17(7-5-14)32(29,30)28-9-8-18-19(24)10-16(11-20(18)28)23(12-15(2)13-23)21-25-26-22(31)27(21)3/h4-11,15H,12-13H2,1-3H3,(H,26,31). The number of hydrogen-bond donors (Lipinski definition) is 1. The van der Waals surface area contributed by atoms with E-state index in [0.29, 0.717) is 16.6 Å². The third-order valence-corrected chi connectivity index (χ3v) is 9.28. The summed E-state index contributed by atoms with van der Waals surface area (Å²) in [6.07, 6.45) is 3.45. The molecule has 32 heavy (non-hydrogen) atoms. The number of benzene rings is 2. The van der Waals surface area contributed by atoms with Gasteiger partial charge >= 0.3 is 0 Å².